The summed E-state index contributed by atoms with van der Waals surface area (Å²) in [5, 5.41) is 22.3. The van der Waals surface area contributed by atoms with Crippen LogP contribution in [0.3, 0.4) is 0 Å². The van der Waals surface area contributed by atoms with Gasteiger partial charge in [-0.3, -0.25) is 0 Å². The van der Waals surface area contributed by atoms with Crippen LogP contribution in [0.1, 0.15) is 11.7 Å². The van der Waals surface area contributed by atoms with Crippen LogP contribution in [0.2, 0.25) is 0 Å². The van der Waals surface area contributed by atoms with E-state index in [0.29, 0.717) is 12.1 Å². The Balaban J connectivity index is 0.000000167. The number of likely N-dealkylation sites (N-methyl/N-ethyl adjacent to an activating group) is 1. The summed E-state index contributed by atoms with van der Waals surface area (Å²) in [6, 6.07) is 17.1. The van der Waals surface area contributed by atoms with Crippen LogP contribution in [-0.4, -0.2) is 28.8 Å². The largest absolute Gasteiger partial charge is 0.508 e. The molecule has 1 aromatic heterocycles. The number of rotatable bonds is 3. The van der Waals surface area contributed by atoms with Crippen LogP contribution < -0.4 is 5.32 Å². The Labute approximate surface area is 134 Å². The summed E-state index contributed by atoms with van der Waals surface area (Å²) in [7, 11) is 1.78. The lowest BCUT2D eigenvalue weighted by Crippen LogP contribution is -2.16. The second-order valence-electron chi connectivity index (χ2n) is 4.99. The number of hydrogen-bond donors (Lipinski definition) is 3. The average molecular weight is 314 g/mol. The van der Waals surface area contributed by atoms with Gasteiger partial charge in [-0.1, -0.05) is 30.3 Å². The van der Waals surface area contributed by atoms with Crippen LogP contribution in [0.15, 0.2) is 60.7 Å². The van der Waals surface area contributed by atoms with Crippen molar-refractivity contribution in [2.24, 2.45) is 0 Å². The van der Waals surface area contributed by atoms with Gasteiger partial charge in [-0.05, 0) is 42.9 Å². The number of phenols is 1. The van der Waals surface area contributed by atoms with Gasteiger partial charge >= 0.3 is 0 Å². The highest BCUT2D eigenvalue weighted by Gasteiger charge is 2.04. The molecule has 1 atom stereocenters. The molecule has 0 spiro atoms. The van der Waals surface area contributed by atoms with Crippen molar-refractivity contribution in [3.05, 3.63) is 72.2 Å². The number of aliphatic hydroxyl groups is 1. The lowest BCUT2D eigenvalue weighted by atomic mass is 10.1. The summed E-state index contributed by atoms with van der Waals surface area (Å²) in [5.41, 5.74) is 1.51. The standard InChI is InChI=1S/C9H6FN.C9H13NO2/c10-9-6-5-7-3-1-2-4-8(7)11-9;1-10-6-9(12)7-2-4-8(11)5-3-7/h1-6H;2-5,9-12H,6H2,1H3. The Morgan fingerprint density at radius 2 is 1.74 bits per heavy atom. The van der Waals surface area contributed by atoms with Gasteiger partial charge in [0.15, 0.2) is 0 Å². The normalized spacial score (nSPS) is 11.6. The van der Waals surface area contributed by atoms with Crippen molar-refractivity contribution in [2.45, 2.75) is 6.10 Å². The average Bonchev–Trinajstić information content (AvgIpc) is 2.56. The predicted octanol–water partition coefficient (Wildman–Crippen LogP) is 3.02. The SMILES string of the molecule is CNCC(O)c1ccc(O)cc1.Fc1ccc2ccccc2n1. The molecule has 23 heavy (non-hydrogen) atoms. The first-order chi connectivity index (χ1) is 11.1. The molecular formula is C18H19FN2O2. The Hall–Kier alpha value is -2.50. The van der Waals surface area contributed by atoms with Crippen LogP contribution in [0.5, 0.6) is 5.75 Å². The number of nitrogens with zero attached hydrogens (tertiary/aromatic N) is 1. The van der Waals surface area contributed by atoms with E-state index < -0.39 is 12.1 Å². The third-order valence-electron chi connectivity index (χ3n) is 3.24. The fourth-order valence-corrected chi connectivity index (χ4v) is 2.05. The molecule has 0 amide bonds. The van der Waals surface area contributed by atoms with E-state index in [0.717, 1.165) is 10.9 Å². The number of aromatic hydroxyl groups is 1. The van der Waals surface area contributed by atoms with Crippen LogP contribution >= 0.6 is 0 Å². The number of para-hydroxylation sites is 1. The monoisotopic (exact) mass is 314 g/mol. The number of hydrogen-bond acceptors (Lipinski definition) is 4. The van der Waals surface area contributed by atoms with Gasteiger partial charge in [-0.15, -0.1) is 0 Å². The van der Waals surface area contributed by atoms with Gasteiger partial charge in [0.2, 0.25) is 5.95 Å². The van der Waals surface area contributed by atoms with E-state index in [1.165, 1.54) is 6.07 Å². The van der Waals surface area contributed by atoms with Crippen molar-refractivity contribution in [1.82, 2.24) is 10.3 Å². The molecule has 2 aromatic carbocycles. The van der Waals surface area contributed by atoms with Gasteiger partial charge in [0.05, 0.1) is 11.6 Å². The maximum absolute atomic E-state index is 12.5. The number of aliphatic hydroxyl groups excluding tert-OH is 1. The number of pyridine rings is 1. The van der Waals surface area contributed by atoms with Crippen molar-refractivity contribution < 1.29 is 14.6 Å². The summed E-state index contributed by atoms with van der Waals surface area (Å²) in [6.07, 6.45) is -0.504. The number of fused-ring (bicyclic) bond motifs is 1. The van der Waals surface area contributed by atoms with Crippen LogP contribution in [0, 0.1) is 5.95 Å². The highest BCUT2D eigenvalue weighted by molar-refractivity contribution is 5.77. The number of phenolic OH excluding ortho intramolecular Hbond substituents is 1. The van der Waals surface area contributed by atoms with Crippen LogP contribution in [0.4, 0.5) is 4.39 Å². The molecule has 0 bridgehead atoms. The minimum Gasteiger partial charge on any atom is -0.508 e. The molecule has 0 radical (unpaired) electrons. The summed E-state index contributed by atoms with van der Waals surface area (Å²) in [5.74, 6) is -0.209. The zero-order valence-electron chi connectivity index (χ0n) is 12.8. The molecule has 1 heterocycles. The van der Waals surface area contributed by atoms with Crippen LogP contribution in [-0.2, 0) is 0 Å². The molecule has 3 rings (SSSR count). The molecule has 3 N–H and O–H groups in total. The van der Waals surface area contributed by atoms with E-state index in [4.69, 9.17) is 5.11 Å². The van der Waals surface area contributed by atoms with E-state index in [1.807, 2.05) is 18.2 Å². The molecule has 0 aliphatic heterocycles. The quantitative estimate of drug-likeness (QED) is 0.650. The molecule has 0 saturated carbocycles. The Morgan fingerprint density at radius 1 is 1.04 bits per heavy atom. The van der Waals surface area contributed by atoms with Crippen molar-refractivity contribution in [1.29, 1.82) is 0 Å². The molecule has 0 fully saturated rings. The summed E-state index contributed by atoms with van der Waals surface area (Å²) < 4.78 is 12.5. The Bertz CT molecular complexity index is 747. The maximum atomic E-state index is 12.5. The molecular weight excluding hydrogens is 295 g/mol. The number of halogens is 1. The van der Waals surface area contributed by atoms with E-state index in [9.17, 15) is 9.50 Å². The molecule has 0 saturated heterocycles. The topological polar surface area (TPSA) is 65.4 Å². The predicted molar refractivity (Wildman–Crippen MR) is 88.7 cm³/mol. The molecule has 5 heteroatoms. The lowest BCUT2D eigenvalue weighted by molar-refractivity contribution is 0.177. The van der Waals surface area contributed by atoms with Crippen molar-refractivity contribution in [2.75, 3.05) is 13.6 Å². The summed E-state index contributed by atoms with van der Waals surface area (Å²) >= 11 is 0. The van der Waals surface area contributed by atoms with Gasteiger partial charge in [0, 0.05) is 11.9 Å². The van der Waals surface area contributed by atoms with Crippen molar-refractivity contribution >= 4 is 10.9 Å². The zero-order valence-corrected chi connectivity index (χ0v) is 12.8. The Morgan fingerprint density at radius 3 is 2.43 bits per heavy atom. The van der Waals surface area contributed by atoms with Crippen LogP contribution in [0.25, 0.3) is 10.9 Å². The number of benzene rings is 2. The third-order valence-corrected chi connectivity index (χ3v) is 3.24. The van der Waals surface area contributed by atoms with Gasteiger partial charge in [0.25, 0.3) is 0 Å². The van der Waals surface area contributed by atoms with Gasteiger partial charge in [0.1, 0.15) is 5.75 Å². The van der Waals surface area contributed by atoms with Gasteiger partial charge in [-0.2, -0.15) is 4.39 Å². The van der Waals surface area contributed by atoms with Gasteiger partial charge in [-0.25, -0.2) is 4.98 Å². The highest BCUT2D eigenvalue weighted by atomic mass is 19.1. The van der Waals surface area contributed by atoms with E-state index in [-0.39, 0.29) is 5.75 Å². The maximum Gasteiger partial charge on any atom is 0.213 e. The fourth-order valence-electron chi connectivity index (χ4n) is 2.05. The van der Waals surface area contributed by atoms with E-state index in [2.05, 4.69) is 10.3 Å². The van der Waals surface area contributed by atoms with E-state index in [1.54, 1.807) is 43.4 Å². The first-order valence-electron chi connectivity index (χ1n) is 7.23. The van der Waals surface area contributed by atoms with E-state index >= 15 is 0 Å². The fraction of sp³-hybridized carbons (Fsp3) is 0.167. The minimum atomic E-state index is -0.504. The summed E-state index contributed by atoms with van der Waals surface area (Å²) in [6.45, 7) is 0.519. The lowest BCUT2D eigenvalue weighted by Gasteiger charge is -2.09. The molecule has 0 aliphatic carbocycles. The minimum absolute atomic E-state index is 0.218. The number of aromatic nitrogens is 1. The molecule has 3 aromatic rings. The Kier molecular flexibility index (Phi) is 6.02. The number of nitrogens with one attached hydrogen (secondary N) is 1. The highest BCUT2D eigenvalue weighted by Crippen LogP contribution is 2.15. The first kappa shape index (κ1) is 16.9. The van der Waals surface area contributed by atoms with Crippen molar-refractivity contribution in [3.8, 4) is 5.75 Å². The van der Waals surface area contributed by atoms with Gasteiger partial charge < -0.3 is 15.5 Å². The smallest absolute Gasteiger partial charge is 0.213 e. The molecule has 0 aliphatic rings. The molecule has 4 nitrogen and oxygen atoms in total. The summed E-state index contributed by atoms with van der Waals surface area (Å²) in [4.78, 5) is 3.71. The molecule has 1 unspecified atom stereocenters. The second kappa shape index (κ2) is 8.22. The first-order valence-corrected chi connectivity index (χ1v) is 7.23. The van der Waals surface area contributed by atoms with Crippen molar-refractivity contribution in [3.63, 3.8) is 0 Å². The third kappa shape index (κ3) is 5.02. The second-order valence-corrected chi connectivity index (χ2v) is 4.99. The molecule has 120 valence electrons. The zero-order chi connectivity index (χ0) is 16.7.